The molecule has 92 valence electrons. The van der Waals surface area contributed by atoms with Crippen molar-refractivity contribution in [2.45, 2.75) is 33.2 Å². The van der Waals surface area contributed by atoms with Crippen molar-refractivity contribution in [1.29, 1.82) is 0 Å². The van der Waals surface area contributed by atoms with Crippen molar-refractivity contribution in [2.75, 3.05) is 13.2 Å². The molecule has 1 atom stereocenters. The summed E-state index contributed by atoms with van der Waals surface area (Å²) in [5.41, 5.74) is 2.36. The Morgan fingerprint density at radius 1 is 1.56 bits per heavy atom. The van der Waals surface area contributed by atoms with E-state index >= 15 is 0 Å². The molecule has 0 aromatic carbocycles. The zero-order valence-electron chi connectivity index (χ0n) is 10.5. The van der Waals surface area contributed by atoms with Crippen molar-refractivity contribution >= 4 is 0 Å². The van der Waals surface area contributed by atoms with Gasteiger partial charge in [0.25, 0.3) is 0 Å². The highest BCUT2D eigenvalue weighted by molar-refractivity contribution is 5.09. The van der Waals surface area contributed by atoms with Gasteiger partial charge in [-0.1, -0.05) is 13.8 Å². The fourth-order valence-electron chi connectivity index (χ4n) is 1.68. The van der Waals surface area contributed by atoms with E-state index in [0.29, 0.717) is 5.92 Å². The molecule has 4 nitrogen and oxygen atoms in total. The Hall–Kier alpha value is -0.870. The quantitative estimate of drug-likeness (QED) is 0.730. The van der Waals surface area contributed by atoms with Crippen molar-refractivity contribution in [3.63, 3.8) is 0 Å². The highest BCUT2D eigenvalue weighted by atomic mass is 16.3. The molecule has 0 radical (unpaired) electrons. The molecule has 0 fully saturated rings. The number of aromatic nitrogens is 2. The molecule has 0 bridgehead atoms. The first-order valence-electron chi connectivity index (χ1n) is 6.00. The van der Waals surface area contributed by atoms with Gasteiger partial charge in [-0.25, -0.2) is 0 Å². The Kier molecular flexibility index (Phi) is 5.49. The molecule has 0 saturated carbocycles. The number of aliphatic hydroxyl groups excluding tert-OH is 1. The van der Waals surface area contributed by atoms with Crippen LogP contribution in [0.4, 0.5) is 0 Å². The lowest BCUT2D eigenvalue weighted by Gasteiger charge is -2.10. The van der Waals surface area contributed by atoms with Crippen LogP contribution in [-0.4, -0.2) is 28.0 Å². The minimum Gasteiger partial charge on any atom is -0.396 e. The van der Waals surface area contributed by atoms with Gasteiger partial charge in [0.1, 0.15) is 0 Å². The Morgan fingerprint density at radius 2 is 2.31 bits per heavy atom. The van der Waals surface area contributed by atoms with Gasteiger partial charge in [0.2, 0.25) is 0 Å². The largest absolute Gasteiger partial charge is 0.396 e. The van der Waals surface area contributed by atoms with Crippen molar-refractivity contribution in [3.05, 3.63) is 17.5 Å². The molecule has 16 heavy (non-hydrogen) atoms. The molecule has 0 spiro atoms. The maximum absolute atomic E-state index is 8.79. The highest BCUT2D eigenvalue weighted by Crippen LogP contribution is 2.04. The molecule has 2 N–H and O–H groups in total. The first-order valence-corrected chi connectivity index (χ1v) is 6.00. The normalized spacial score (nSPS) is 13.0. The molecule has 0 aliphatic carbocycles. The van der Waals surface area contributed by atoms with E-state index in [9.17, 15) is 0 Å². The number of hydrogen-bond acceptors (Lipinski definition) is 3. The van der Waals surface area contributed by atoms with Crippen molar-refractivity contribution in [2.24, 2.45) is 13.0 Å². The van der Waals surface area contributed by atoms with E-state index in [-0.39, 0.29) is 6.61 Å². The van der Waals surface area contributed by atoms with E-state index in [4.69, 9.17) is 5.11 Å². The van der Waals surface area contributed by atoms with Gasteiger partial charge in [0, 0.05) is 20.2 Å². The standard InChI is InChI=1S/C12H23N3O/c1-4-11-7-12(15(3)14-11)9-13-8-10(2)5-6-16/h7,10,13,16H,4-6,8-9H2,1-3H3. The average Bonchev–Trinajstić information content (AvgIpc) is 2.60. The van der Waals surface area contributed by atoms with Gasteiger partial charge in [-0.05, 0) is 31.4 Å². The molecule has 1 heterocycles. The summed E-state index contributed by atoms with van der Waals surface area (Å²) in [7, 11) is 1.98. The van der Waals surface area contributed by atoms with E-state index in [1.165, 1.54) is 5.69 Å². The molecule has 0 aliphatic rings. The van der Waals surface area contributed by atoms with E-state index in [0.717, 1.165) is 31.6 Å². The highest BCUT2D eigenvalue weighted by Gasteiger charge is 2.04. The topological polar surface area (TPSA) is 50.1 Å². The monoisotopic (exact) mass is 225 g/mol. The Bertz CT molecular complexity index is 309. The Labute approximate surface area is 97.7 Å². The van der Waals surface area contributed by atoms with Gasteiger partial charge in [0.15, 0.2) is 0 Å². The first kappa shape index (κ1) is 13.2. The second kappa shape index (κ2) is 6.66. The maximum Gasteiger partial charge on any atom is 0.0625 e. The van der Waals surface area contributed by atoms with Crippen LogP contribution in [0.25, 0.3) is 0 Å². The van der Waals surface area contributed by atoms with Crippen LogP contribution in [0, 0.1) is 5.92 Å². The van der Waals surface area contributed by atoms with E-state index in [2.05, 4.69) is 30.3 Å². The zero-order chi connectivity index (χ0) is 12.0. The third-order valence-corrected chi connectivity index (χ3v) is 2.81. The first-order chi connectivity index (χ1) is 7.67. The molecular formula is C12H23N3O. The van der Waals surface area contributed by atoms with Crippen LogP contribution >= 0.6 is 0 Å². The average molecular weight is 225 g/mol. The van der Waals surface area contributed by atoms with E-state index in [1.807, 2.05) is 11.7 Å². The van der Waals surface area contributed by atoms with Gasteiger partial charge >= 0.3 is 0 Å². The summed E-state index contributed by atoms with van der Waals surface area (Å²) in [5, 5.41) is 16.6. The minimum atomic E-state index is 0.272. The molecule has 0 amide bonds. The lowest BCUT2D eigenvalue weighted by atomic mass is 10.1. The molecular weight excluding hydrogens is 202 g/mol. The van der Waals surface area contributed by atoms with Crippen molar-refractivity contribution in [3.8, 4) is 0 Å². The number of aryl methyl sites for hydroxylation is 2. The third-order valence-electron chi connectivity index (χ3n) is 2.81. The summed E-state index contributed by atoms with van der Waals surface area (Å²) in [4.78, 5) is 0. The molecule has 1 rings (SSSR count). The number of nitrogens with zero attached hydrogens (tertiary/aromatic N) is 2. The number of nitrogens with one attached hydrogen (secondary N) is 1. The lowest BCUT2D eigenvalue weighted by Crippen LogP contribution is -2.22. The smallest absolute Gasteiger partial charge is 0.0625 e. The summed E-state index contributed by atoms with van der Waals surface area (Å²) in [5.74, 6) is 0.517. The van der Waals surface area contributed by atoms with Gasteiger partial charge in [-0.3, -0.25) is 4.68 Å². The lowest BCUT2D eigenvalue weighted by molar-refractivity contribution is 0.260. The molecule has 1 unspecified atom stereocenters. The summed E-state index contributed by atoms with van der Waals surface area (Å²) in [6, 6.07) is 2.14. The van der Waals surface area contributed by atoms with Crippen molar-refractivity contribution < 1.29 is 5.11 Å². The number of rotatable bonds is 7. The van der Waals surface area contributed by atoms with Crippen LogP contribution in [-0.2, 0) is 20.0 Å². The second-order valence-electron chi connectivity index (χ2n) is 4.35. The van der Waals surface area contributed by atoms with Crippen LogP contribution in [0.1, 0.15) is 31.7 Å². The van der Waals surface area contributed by atoms with Crippen LogP contribution in [0.3, 0.4) is 0 Å². The number of hydrogen-bond donors (Lipinski definition) is 2. The Balaban J connectivity index is 2.33. The van der Waals surface area contributed by atoms with Crippen LogP contribution in [0.2, 0.25) is 0 Å². The molecule has 4 heteroatoms. The molecule has 0 aliphatic heterocycles. The van der Waals surface area contributed by atoms with Gasteiger partial charge < -0.3 is 10.4 Å². The number of aliphatic hydroxyl groups is 1. The van der Waals surface area contributed by atoms with E-state index < -0.39 is 0 Å². The summed E-state index contributed by atoms with van der Waals surface area (Å²) in [6.45, 7) is 6.31. The predicted molar refractivity (Wildman–Crippen MR) is 65.2 cm³/mol. The van der Waals surface area contributed by atoms with Crippen LogP contribution in [0.5, 0.6) is 0 Å². The second-order valence-corrected chi connectivity index (χ2v) is 4.35. The molecule has 1 aromatic rings. The fourth-order valence-corrected chi connectivity index (χ4v) is 1.68. The molecule has 0 saturated heterocycles. The summed E-state index contributed by atoms with van der Waals surface area (Å²) < 4.78 is 1.93. The molecule has 1 aromatic heterocycles. The fraction of sp³-hybridized carbons (Fsp3) is 0.750. The third kappa shape index (κ3) is 3.94. The maximum atomic E-state index is 8.79. The van der Waals surface area contributed by atoms with Crippen LogP contribution in [0.15, 0.2) is 6.07 Å². The van der Waals surface area contributed by atoms with Crippen molar-refractivity contribution in [1.82, 2.24) is 15.1 Å². The zero-order valence-corrected chi connectivity index (χ0v) is 10.5. The van der Waals surface area contributed by atoms with E-state index in [1.54, 1.807) is 0 Å². The predicted octanol–water partition coefficient (Wildman–Crippen LogP) is 1.09. The Morgan fingerprint density at radius 3 is 2.88 bits per heavy atom. The SMILES string of the molecule is CCc1cc(CNCC(C)CCO)n(C)n1. The minimum absolute atomic E-state index is 0.272. The van der Waals surface area contributed by atoms with Gasteiger partial charge in [-0.15, -0.1) is 0 Å². The van der Waals surface area contributed by atoms with Gasteiger partial charge in [-0.2, -0.15) is 5.10 Å². The summed E-state index contributed by atoms with van der Waals surface area (Å²) in [6.07, 6.45) is 1.84. The van der Waals surface area contributed by atoms with Crippen LogP contribution < -0.4 is 5.32 Å². The van der Waals surface area contributed by atoms with Gasteiger partial charge in [0.05, 0.1) is 11.4 Å². The summed E-state index contributed by atoms with van der Waals surface area (Å²) >= 11 is 0.